The van der Waals surface area contributed by atoms with Crippen molar-refractivity contribution < 1.29 is 19.3 Å². The number of fused-ring (bicyclic) bond motifs is 1. The van der Waals surface area contributed by atoms with Crippen molar-refractivity contribution in [1.29, 1.82) is 0 Å². The third-order valence-electron chi connectivity index (χ3n) is 4.66. The molecule has 4 heteroatoms. The van der Waals surface area contributed by atoms with Crippen molar-refractivity contribution in [2.75, 3.05) is 0 Å². The molecule has 0 bridgehead atoms. The third-order valence-corrected chi connectivity index (χ3v) is 4.66. The molecular weight excluding hydrogens is 349 g/mol. The molecule has 0 fully saturated rings. The molecule has 0 radical (unpaired) electrons. The molecule has 1 atom stereocenters. The quantitative estimate of drug-likeness (QED) is 0.480. The van der Waals surface area contributed by atoms with Crippen molar-refractivity contribution in [2.45, 2.75) is 38.3 Å². The van der Waals surface area contributed by atoms with E-state index in [0.717, 1.165) is 28.5 Å². The molecule has 0 amide bonds. The number of carbonyl (C=O) groups is 1. The molecule has 0 saturated heterocycles. The molecule has 0 spiro atoms. The van der Waals surface area contributed by atoms with E-state index in [2.05, 4.69) is 0 Å². The summed E-state index contributed by atoms with van der Waals surface area (Å²) in [7, 11) is 0. The molecule has 0 aliphatic rings. The SMILES string of the molecule is [2H][C@](C)(CC(=O)CCc1cccc(C(F)(F)F)c1)c1cccc2ccccc12. The molecule has 0 N–H and O–H groups in total. The maximum absolute atomic E-state index is 12.8. The lowest BCUT2D eigenvalue weighted by Gasteiger charge is -2.14. The van der Waals surface area contributed by atoms with Crippen LogP contribution < -0.4 is 0 Å². The normalized spacial score (nSPS) is 14.6. The second-order valence-electron chi connectivity index (χ2n) is 6.72. The lowest BCUT2D eigenvalue weighted by molar-refractivity contribution is -0.137. The number of hydrogen-bond donors (Lipinski definition) is 0. The van der Waals surface area contributed by atoms with Crippen LogP contribution in [-0.2, 0) is 17.4 Å². The number of aryl methyl sites for hydroxylation is 1. The Balaban J connectivity index is 1.70. The zero-order valence-electron chi connectivity index (χ0n) is 16.0. The van der Waals surface area contributed by atoms with Gasteiger partial charge in [-0.05, 0) is 40.3 Å². The first kappa shape index (κ1) is 17.8. The van der Waals surface area contributed by atoms with Crippen LogP contribution in [0.3, 0.4) is 0 Å². The lowest BCUT2D eigenvalue weighted by atomic mass is 9.90. The first-order valence-electron chi connectivity index (χ1n) is 9.33. The van der Waals surface area contributed by atoms with Gasteiger partial charge < -0.3 is 0 Å². The van der Waals surface area contributed by atoms with Gasteiger partial charge in [0.25, 0.3) is 0 Å². The van der Waals surface area contributed by atoms with Gasteiger partial charge in [-0.15, -0.1) is 0 Å². The van der Waals surface area contributed by atoms with Gasteiger partial charge in [-0.1, -0.05) is 67.6 Å². The first-order chi connectivity index (χ1) is 13.2. The van der Waals surface area contributed by atoms with E-state index in [1.54, 1.807) is 13.0 Å². The van der Waals surface area contributed by atoms with Gasteiger partial charge in [0.05, 0.1) is 5.56 Å². The second kappa shape index (κ2) is 7.95. The lowest BCUT2D eigenvalue weighted by Crippen LogP contribution is -2.08. The minimum absolute atomic E-state index is 0.0139. The fraction of sp³-hybridized carbons (Fsp3) is 0.261. The number of alkyl halides is 3. The Hall–Kier alpha value is -2.62. The van der Waals surface area contributed by atoms with Crippen LogP contribution >= 0.6 is 0 Å². The van der Waals surface area contributed by atoms with Crippen molar-refractivity contribution in [3.05, 3.63) is 83.4 Å². The van der Waals surface area contributed by atoms with Gasteiger partial charge >= 0.3 is 6.18 Å². The van der Waals surface area contributed by atoms with E-state index in [0.29, 0.717) is 5.56 Å². The molecule has 3 aromatic carbocycles. The Morgan fingerprint density at radius 1 is 1.04 bits per heavy atom. The summed E-state index contributed by atoms with van der Waals surface area (Å²) in [5.74, 6) is -1.24. The van der Waals surface area contributed by atoms with Crippen LogP contribution in [0.5, 0.6) is 0 Å². The minimum atomic E-state index is -4.39. The van der Waals surface area contributed by atoms with Crippen molar-refractivity contribution in [3.8, 4) is 0 Å². The molecule has 3 aromatic rings. The summed E-state index contributed by atoms with van der Waals surface area (Å²) in [4.78, 5) is 12.5. The van der Waals surface area contributed by atoms with Crippen LogP contribution in [0.15, 0.2) is 66.7 Å². The Labute approximate surface area is 158 Å². The highest BCUT2D eigenvalue weighted by Crippen LogP contribution is 2.30. The first-order valence-corrected chi connectivity index (χ1v) is 8.83. The third kappa shape index (κ3) is 4.76. The van der Waals surface area contributed by atoms with E-state index < -0.39 is 17.6 Å². The summed E-state index contributed by atoms with van der Waals surface area (Å²) in [5.41, 5.74) is 0.538. The van der Waals surface area contributed by atoms with E-state index in [9.17, 15) is 18.0 Å². The maximum atomic E-state index is 12.8. The fourth-order valence-electron chi connectivity index (χ4n) is 3.26. The predicted molar refractivity (Wildman–Crippen MR) is 102 cm³/mol. The van der Waals surface area contributed by atoms with Crippen LogP contribution in [-0.4, -0.2) is 5.78 Å². The highest BCUT2D eigenvalue weighted by molar-refractivity contribution is 5.87. The van der Waals surface area contributed by atoms with E-state index in [1.165, 1.54) is 6.07 Å². The largest absolute Gasteiger partial charge is 0.416 e. The van der Waals surface area contributed by atoms with Crippen LogP contribution in [0.25, 0.3) is 10.8 Å². The van der Waals surface area contributed by atoms with Gasteiger partial charge in [0.15, 0.2) is 0 Å². The van der Waals surface area contributed by atoms with Gasteiger partial charge in [-0.3, -0.25) is 4.79 Å². The number of halogens is 3. The molecule has 0 aromatic heterocycles. The van der Waals surface area contributed by atoms with E-state index in [-0.39, 0.29) is 25.0 Å². The highest BCUT2D eigenvalue weighted by Gasteiger charge is 2.30. The summed E-state index contributed by atoms with van der Waals surface area (Å²) < 4.78 is 47.1. The number of rotatable bonds is 6. The summed E-state index contributed by atoms with van der Waals surface area (Å²) >= 11 is 0. The van der Waals surface area contributed by atoms with Crippen molar-refractivity contribution in [1.82, 2.24) is 0 Å². The average Bonchev–Trinajstić information content (AvgIpc) is 2.65. The van der Waals surface area contributed by atoms with Crippen LogP contribution in [0.4, 0.5) is 13.2 Å². The van der Waals surface area contributed by atoms with E-state index in [4.69, 9.17) is 1.37 Å². The Bertz CT molecular complexity index is 987. The highest BCUT2D eigenvalue weighted by atomic mass is 19.4. The number of ketones is 1. The predicted octanol–water partition coefficient (Wildman–Crippen LogP) is 6.55. The van der Waals surface area contributed by atoms with E-state index >= 15 is 0 Å². The zero-order chi connectivity index (χ0) is 20.4. The van der Waals surface area contributed by atoms with Crippen molar-refractivity contribution >= 4 is 16.6 Å². The van der Waals surface area contributed by atoms with Crippen LogP contribution in [0.1, 0.15) is 43.7 Å². The molecule has 0 saturated carbocycles. The van der Waals surface area contributed by atoms with Gasteiger partial charge in [0.2, 0.25) is 0 Å². The molecule has 1 nitrogen and oxygen atoms in total. The summed E-state index contributed by atoms with van der Waals surface area (Å²) in [5, 5.41) is 1.95. The Kier molecular flexibility index (Phi) is 5.23. The minimum Gasteiger partial charge on any atom is -0.300 e. The summed E-state index contributed by atoms with van der Waals surface area (Å²) in [6, 6.07) is 18.5. The zero-order valence-corrected chi connectivity index (χ0v) is 15.0. The number of Topliss-reactive ketones (excluding diaryl/α,β-unsaturated/α-hetero) is 1. The molecule has 0 unspecified atom stereocenters. The van der Waals surface area contributed by atoms with Crippen molar-refractivity contribution in [2.24, 2.45) is 0 Å². The van der Waals surface area contributed by atoms with Gasteiger partial charge in [-0.2, -0.15) is 13.2 Å². The average molecular weight is 371 g/mol. The van der Waals surface area contributed by atoms with Gasteiger partial charge in [0, 0.05) is 14.2 Å². The number of benzene rings is 3. The molecule has 140 valence electrons. The second-order valence-corrected chi connectivity index (χ2v) is 6.72. The van der Waals surface area contributed by atoms with Gasteiger partial charge in [-0.25, -0.2) is 0 Å². The number of hydrogen-bond acceptors (Lipinski definition) is 1. The summed E-state index contributed by atoms with van der Waals surface area (Å²) in [6.07, 6.45) is -4.04. The fourth-order valence-corrected chi connectivity index (χ4v) is 3.26. The molecule has 0 aliphatic heterocycles. The maximum Gasteiger partial charge on any atom is 0.416 e. The number of carbonyl (C=O) groups excluding carboxylic acids is 1. The smallest absolute Gasteiger partial charge is 0.300 e. The Morgan fingerprint density at radius 3 is 2.52 bits per heavy atom. The molecule has 3 rings (SSSR count). The molecular formula is C23H21F3O. The molecule has 0 heterocycles. The van der Waals surface area contributed by atoms with E-state index in [1.807, 2.05) is 42.5 Å². The Morgan fingerprint density at radius 2 is 1.74 bits per heavy atom. The topological polar surface area (TPSA) is 17.1 Å². The van der Waals surface area contributed by atoms with Crippen LogP contribution in [0, 0.1) is 0 Å². The monoisotopic (exact) mass is 371 g/mol. The standard InChI is InChI=1S/C23H21F3O/c1-16(21-11-5-8-18-7-2-3-10-22(18)21)14-20(27)13-12-17-6-4-9-19(15-17)23(24,25)26/h2-11,15-16H,12-14H2,1H3/t16-/m0/s1/i16D. The van der Waals surface area contributed by atoms with Crippen LogP contribution in [0.2, 0.25) is 0 Å². The van der Waals surface area contributed by atoms with Gasteiger partial charge in [0.1, 0.15) is 5.78 Å². The molecule has 27 heavy (non-hydrogen) atoms. The molecule has 0 aliphatic carbocycles. The summed E-state index contributed by atoms with van der Waals surface area (Å²) in [6.45, 7) is 1.71. The van der Waals surface area contributed by atoms with Crippen molar-refractivity contribution in [3.63, 3.8) is 0 Å².